The van der Waals surface area contributed by atoms with Crippen LogP contribution in [0.4, 0.5) is 4.39 Å². The SMILES string of the molecule is Cc1cc(Cl)c(C(=O)C2(C#N)CCC2)cc1F. The molecule has 1 aliphatic rings. The van der Waals surface area contributed by atoms with E-state index in [9.17, 15) is 9.18 Å². The van der Waals surface area contributed by atoms with Crippen molar-refractivity contribution in [3.63, 3.8) is 0 Å². The molecule has 1 aliphatic carbocycles. The zero-order valence-electron chi connectivity index (χ0n) is 9.39. The topological polar surface area (TPSA) is 40.9 Å². The Morgan fingerprint density at radius 3 is 2.65 bits per heavy atom. The van der Waals surface area contributed by atoms with Gasteiger partial charge in [-0.05, 0) is 43.9 Å². The summed E-state index contributed by atoms with van der Waals surface area (Å²) in [5.74, 6) is -0.819. The van der Waals surface area contributed by atoms with Gasteiger partial charge in [0.15, 0.2) is 5.78 Å². The minimum absolute atomic E-state index is 0.121. The van der Waals surface area contributed by atoms with Gasteiger partial charge in [0.2, 0.25) is 0 Å². The molecule has 0 atom stereocenters. The number of aryl methyl sites for hydroxylation is 1. The van der Waals surface area contributed by atoms with Crippen LogP contribution in [0, 0.1) is 29.5 Å². The van der Waals surface area contributed by atoms with Gasteiger partial charge in [-0.15, -0.1) is 0 Å². The molecule has 0 aromatic heterocycles. The van der Waals surface area contributed by atoms with E-state index in [1.54, 1.807) is 6.92 Å². The number of benzene rings is 1. The van der Waals surface area contributed by atoms with E-state index >= 15 is 0 Å². The van der Waals surface area contributed by atoms with E-state index in [1.807, 2.05) is 6.07 Å². The maximum absolute atomic E-state index is 13.4. The molecule has 0 bridgehead atoms. The zero-order chi connectivity index (χ0) is 12.6. The highest BCUT2D eigenvalue weighted by Crippen LogP contribution is 2.44. The van der Waals surface area contributed by atoms with Crippen molar-refractivity contribution in [1.29, 1.82) is 5.26 Å². The summed E-state index contributed by atoms with van der Waals surface area (Å²) in [6.07, 6.45) is 1.92. The molecule has 1 aromatic carbocycles. The third-order valence-corrected chi connectivity index (χ3v) is 3.66. The Labute approximate surface area is 104 Å². The van der Waals surface area contributed by atoms with Gasteiger partial charge in [-0.3, -0.25) is 4.79 Å². The summed E-state index contributed by atoms with van der Waals surface area (Å²) in [4.78, 5) is 12.2. The first-order chi connectivity index (χ1) is 8.00. The molecule has 1 fully saturated rings. The maximum atomic E-state index is 13.4. The Balaban J connectivity index is 2.45. The lowest BCUT2D eigenvalue weighted by Gasteiger charge is -2.33. The fraction of sp³-hybridized carbons (Fsp3) is 0.385. The monoisotopic (exact) mass is 251 g/mol. The van der Waals surface area contributed by atoms with Crippen LogP contribution in [0.3, 0.4) is 0 Å². The lowest BCUT2D eigenvalue weighted by molar-refractivity contribution is 0.0748. The van der Waals surface area contributed by atoms with Crippen LogP contribution in [0.15, 0.2) is 12.1 Å². The summed E-state index contributed by atoms with van der Waals surface area (Å²) in [6, 6.07) is 4.60. The van der Waals surface area contributed by atoms with Crippen LogP contribution in [0.5, 0.6) is 0 Å². The number of hydrogen-bond donors (Lipinski definition) is 0. The zero-order valence-corrected chi connectivity index (χ0v) is 10.1. The second kappa shape index (κ2) is 4.12. The van der Waals surface area contributed by atoms with Crippen molar-refractivity contribution in [1.82, 2.24) is 0 Å². The van der Waals surface area contributed by atoms with Crippen LogP contribution in [-0.4, -0.2) is 5.78 Å². The summed E-state index contributed by atoms with van der Waals surface area (Å²) in [7, 11) is 0. The maximum Gasteiger partial charge on any atom is 0.184 e. The average molecular weight is 252 g/mol. The molecule has 2 rings (SSSR count). The van der Waals surface area contributed by atoms with Gasteiger partial charge in [0.05, 0.1) is 11.1 Å². The molecule has 2 nitrogen and oxygen atoms in total. The Morgan fingerprint density at radius 2 is 2.18 bits per heavy atom. The number of rotatable bonds is 2. The molecule has 0 heterocycles. The molecule has 0 radical (unpaired) electrons. The molecule has 1 saturated carbocycles. The van der Waals surface area contributed by atoms with Crippen molar-refractivity contribution in [2.75, 3.05) is 0 Å². The summed E-state index contributed by atoms with van der Waals surface area (Å²) in [5.41, 5.74) is -0.465. The van der Waals surface area contributed by atoms with Gasteiger partial charge in [0.1, 0.15) is 11.2 Å². The summed E-state index contributed by atoms with van der Waals surface area (Å²) < 4.78 is 13.4. The molecule has 4 heteroatoms. The first-order valence-electron chi connectivity index (χ1n) is 5.42. The molecule has 0 unspecified atom stereocenters. The van der Waals surface area contributed by atoms with Crippen LogP contribution < -0.4 is 0 Å². The third-order valence-electron chi connectivity index (χ3n) is 3.35. The fourth-order valence-corrected chi connectivity index (χ4v) is 2.30. The normalized spacial score (nSPS) is 17.1. The molecule has 17 heavy (non-hydrogen) atoms. The quantitative estimate of drug-likeness (QED) is 0.753. The van der Waals surface area contributed by atoms with Crippen molar-refractivity contribution in [3.8, 4) is 6.07 Å². The molecule has 0 aliphatic heterocycles. The van der Waals surface area contributed by atoms with E-state index in [2.05, 4.69) is 0 Å². The number of halogens is 2. The summed E-state index contributed by atoms with van der Waals surface area (Å²) in [5, 5.41) is 9.29. The van der Waals surface area contributed by atoms with Gasteiger partial charge < -0.3 is 0 Å². The van der Waals surface area contributed by atoms with Crippen LogP contribution >= 0.6 is 11.6 Å². The van der Waals surface area contributed by atoms with E-state index in [1.165, 1.54) is 6.07 Å². The Morgan fingerprint density at radius 1 is 1.53 bits per heavy atom. The number of Topliss-reactive ketones (excluding diaryl/α,β-unsaturated/α-hetero) is 1. The van der Waals surface area contributed by atoms with Gasteiger partial charge in [-0.1, -0.05) is 11.6 Å². The molecule has 88 valence electrons. The highest BCUT2D eigenvalue weighted by atomic mass is 35.5. The highest BCUT2D eigenvalue weighted by Gasteiger charge is 2.45. The lowest BCUT2D eigenvalue weighted by atomic mass is 9.65. The van der Waals surface area contributed by atoms with Crippen molar-refractivity contribution in [2.45, 2.75) is 26.2 Å². The summed E-state index contributed by atoms with van der Waals surface area (Å²) in [6.45, 7) is 1.58. The second-order valence-corrected chi connectivity index (χ2v) is 4.87. The van der Waals surface area contributed by atoms with Gasteiger partial charge in [-0.25, -0.2) is 4.39 Å². The molecular weight excluding hydrogens is 241 g/mol. The Kier molecular flexibility index (Phi) is 2.92. The van der Waals surface area contributed by atoms with Crippen LogP contribution in [0.2, 0.25) is 5.02 Å². The van der Waals surface area contributed by atoms with Gasteiger partial charge in [0.25, 0.3) is 0 Å². The standard InChI is InChI=1S/C13H11ClFNO/c1-8-5-10(14)9(6-11(8)15)12(17)13(7-16)3-2-4-13/h5-6H,2-4H2,1H3. The van der Waals surface area contributed by atoms with E-state index < -0.39 is 11.2 Å². The molecule has 0 amide bonds. The number of ketones is 1. The molecule has 0 spiro atoms. The number of nitrogens with zero attached hydrogens (tertiary/aromatic N) is 1. The largest absolute Gasteiger partial charge is 0.292 e. The van der Waals surface area contributed by atoms with Gasteiger partial charge in [0, 0.05) is 5.56 Å². The Hall–Kier alpha value is -1.40. The molecule has 0 saturated heterocycles. The van der Waals surface area contributed by atoms with Crippen LogP contribution in [-0.2, 0) is 0 Å². The second-order valence-electron chi connectivity index (χ2n) is 4.46. The van der Waals surface area contributed by atoms with Crippen LogP contribution in [0.25, 0.3) is 0 Å². The van der Waals surface area contributed by atoms with Crippen molar-refractivity contribution in [2.24, 2.45) is 5.41 Å². The number of nitriles is 1. The van der Waals surface area contributed by atoms with Crippen LogP contribution in [0.1, 0.15) is 35.2 Å². The smallest absolute Gasteiger partial charge is 0.184 e. The first kappa shape index (κ1) is 12.1. The van der Waals surface area contributed by atoms with E-state index in [0.29, 0.717) is 18.4 Å². The number of carbonyl (C=O) groups is 1. The minimum atomic E-state index is -0.981. The van der Waals surface area contributed by atoms with E-state index in [-0.39, 0.29) is 16.4 Å². The molecular formula is C13H11ClFNO. The first-order valence-corrected chi connectivity index (χ1v) is 5.80. The highest BCUT2D eigenvalue weighted by molar-refractivity contribution is 6.34. The molecule has 0 N–H and O–H groups in total. The van der Waals surface area contributed by atoms with Crippen molar-refractivity contribution in [3.05, 3.63) is 34.1 Å². The van der Waals surface area contributed by atoms with Crippen molar-refractivity contribution >= 4 is 17.4 Å². The minimum Gasteiger partial charge on any atom is -0.292 e. The van der Waals surface area contributed by atoms with E-state index in [4.69, 9.17) is 16.9 Å². The predicted molar refractivity (Wildman–Crippen MR) is 62.4 cm³/mol. The van der Waals surface area contributed by atoms with Gasteiger partial charge >= 0.3 is 0 Å². The Bertz CT molecular complexity index is 529. The molecule has 1 aromatic rings. The predicted octanol–water partition coefficient (Wildman–Crippen LogP) is 3.66. The average Bonchev–Trinajstić information content (AvgIpc) is 2.22. The third kappa shape index (κ3) is 1.83. The fourth-order valence-electron chi connectivity index (χ4n) is 2.00. The summed E-state index contributed by atoms with van der Waals surface area (Å²) >= 11 is 5.94. The van der Waals surface area contributed by atoms with E-state index in [0.717, 1.165) is 12.5 Å². The number of hydrogen-bond acceptors (Lipinski definition) is 2. The lowest BCUT2D eigenvalue weighted by Crippen LogP contribution is -2.36. The van der Waals surface area contributed by atoms with Gasteiger partial charge in [-0.2, -0.15) is 5.26 Å². The van der Waals surface area contributed by atoms with Crippen molar-refractivity contribution < 1.29 is 9.18 Å². The number of carbonyl (C=O) groups excluding carboxylic acids is 1.